The van der Waals surface area contributed by atoms with Crippen LogP contribution in [-0.4, -0.2) is 14.3 Å². The number of rotatable bonds is 5. The zero-order valence-corrected chi connectivity index (χ0v) is 14.3. The highest BCUT2D eigenvalue weighted by atomic mass is 35.5. The number of nitrogens with two attached hydrogens (primary N) is 1. The Morgan fingerprint density at radius 3 is 2.52 bits per heavy atom. The van der Waals surface area contributed by atoms with Crippen molar-refractivity contribution in [3.63, 3.8) is 0 Å². The Morgan fingerprint density at radius 2 is 1.87 bits per heavy atom. The van der Waals surface area contributed by atoms with Gasteiger partial charge in [0, 0.05) is 15.7 Å². The van der Waals surface area contributed by atoms with Crippen molar-refractivity contribution in [3.8, 4) is 0 Å². The van der Waals surface area contributed by atoms with Gasteiger partial charge in [0.25, 0.3) is 0 Å². The van der Waals surface area contributed by atoms with Gasteiger partial charge in [-0.25, -0.2) is 13.6 Å². The molecule has 5 nitrogen and oxygen atoms in total. The summed E-state index contributed by atoms with van der Waals surface area (Å²) in [6.07, 6.45) is 0.0788. The molecule has 2 aromatic rings. The second-order valence-corrected chi connectivity index (χ2v) is 7.43. The number of carbonyl (C=O) groups excluding carboxylic acids is 1. The number of hydrogen-bond donors (Lipinski definition) is 2. The molecule has 0 unspecified atom stereocenters. The molecule has 0 aliphatic rings. The minimum absolute atomic E-state index is 0.0788. The molecular weight excluding hydrogens is 359 g/mol. The summed E-state index contributed by atoms with van der Waals surface area (Å²) in [4.78, 5) is 12.1. The minimum Gasteiger partial charge on any atom is -0.326 e. The van der Waals surface area contributed by atoms with Crippen LogP contribution in [0.3, 0.4) is 0 Å². The lowest BCUT2D eigenvalue weighted by atomic mass is 10.1. The molecule has 0 spiro atoms. The van der Waals surface area contributed by atoms with Crippen LogP contribution in [0.15, 0.2) is 42.5 Å². The molecule has 0 bridgehead atoms. The van der Waals surface area contributed by atoms with Crippen molar-refractivity contribution in [2.45, 2.75) is 12.2 Å². The van der Waals surface area contributed by atoms with Gasteiger partial charge >= 0.3 is 0 Å². The molecule has 2 rings (SSSR count). The van der Waals surface area contributed by atoms with Gasteiger partial charge < -0.3 is 5.32 Å². The Labute approximate surface area is 144 Å². The molecule has 1 amide bonds. The Kier molecular flexibility index (Phi) is 5.64. The predicted molar refractivity (Wildman–Crippen MR) is 92.0 cm³/mol. The van der Waals surface area contributed by atoms with E-state index in [1.807, 2.05) is 0 Å². The molecule has 0 radical (unpaired) electrons. The Balaban J connectivity index is 2.07. The summed E-state index contributed by atoms with van der Waals surface area (Å²) in [7, 11) is -3.62. The number of halogens is 2. The summed E-state index contributed by atoms with van der Waals surface area (Å²) in [5, 5.41) is 8.61. The molecule has 0 atom stereocenters. The number of primary sulfonamides is 1. The predicted octanol–water partition coefficient (Wildman–Crippen LogP) is 2.96. The number of anilines is 1. The van der Waals surface area contributed by atoms with E-state index in [0.717, 1.165) is 0 Å². The molecule has 122 valence electrons. The van der Waals surface area contributed by atoms with Crippen LogP contribution in [-0.2, 0) is 27.0 Å². The summed E-state index contributed by atoms with van der Waals surface area (Å²) >= 11 is 11.8. The summed E-state index contributed by atoms with van der Waals surface area (Å²) in [6, 6.07) is 11.4. The lowest BCUT2D eigenvalue weighted by Gasteiger charge is -2.08. The van der Waals surface area contributed by atoms with Crippen LogP contribution in [0.2, 0.25) is 10.0 Å². The molecule has 3 N–H and O–H groups in total. The van der Waals surface area contributed by atoms with E-state index in [0.29, 0.717) is 26.9 Å². The smallest absolute Gasteiger partial charge is 0.228 e. The standard InChI is InChI=1S/C15H14Cl2N2O3S/c16-12-5-4-11(14(17)8-12)7-15(20)19-13-3-1-2-10(6-13)9-23(18,21)22/h1-6,8H,7,9H2,(H,19,20)(H2,18,21,22). The molecule has 2 aromatic carbocycles. The van der Waals surface area contributed by atoms with E-state index in [1.54, 1.807) is 42.5 Å². The fourth-order valence-electron chi connectivity index (χ4n) is 2.01. The number of nitrogens with one attached hydrogen (secondary N) is 1. The van der Waals surface area contributed by atoms with E-state index in [9.17, 15) is 13.2 Å². The van der Waals surface area contributed by atoms with E-state index < -0.39 is 10.0 Å². The molecule has 23 heavy (non-hydrogen) atoms. The van der Waals surface area contributed by atoms with Crippen molar-refractivity contribution in [1.29, 1.82) is 0 Å². The van der Waals surface area contributed by atoms with E-state index in [-0.39, 0.29) is 18.1 Å². The summed E-state index contributed by atoms with van der Waals surface area (Å²) < 4.78 is 22.2. The van der Waals surface area contributed by atoms with Crippen LogP contribution in [0.25, 0.3) is 0 Å². The zero-order valence-electron chi connectivity index (χ0n) is 11.9. The first-order valence-corrected chi connectivity index (χ1v) is 9.03. The van der Waals surface area contributed by atoms with Crippen LogP contribution < -0.4 is 10.5 Å². The summed E-state index contributed by atoms with van der Waals surface area (Å²) in [5.41, 5.74) is 1.63. The number of benzene rings is 2. The highest BCUT2D eigenvalue weighted by molar-refractivity contribution is 7.88. The van der Waals surface area contributed by atoms with Gasteiger partial charge in [-0.3, -0.25) is 4.79 Å². The molecular formula is C15H14Cl2N2O3S. The van der Waals surface area contributed by atoms with Crippen molar-refractivity contribution >= 4 is 44.8 Å². The summed E-state index contributed by atoms with van der Waals surface area (Å²) in [5.74, 6) is -0.568. The van der Waals surface area contributed by atoms with Crippen molar-refractivity contribution in [3.05, 3.63) is 63.6 Å². The molecule has 0 aromatic heterocycles. The molecule has 0 aliphatic carbocycles. The number of carbonyl (C=O) groups is 1. The van der Waals surface area contributed by atoms with Crippen molar-refractivity contribution in [2.75, 3.05) is 5.32 Å². The number of sulfonamides is 1. The topological polar surface area (TPSA) is 89.3 Å². The van der Waals surface area contributed by atoms with Crippen molar-refractivity contribution < 1.29 is 13.2 Å². The monoisotopic (exact) mass is 372 g/mol. The van der Waals surface area contributed by atoms with Crippen molar-refractivity contribution in [1.82, 2.24) is 0 Å². The molecule has 0 heterocycles. The van der Waals surface area contributed by atoms with Crippen LogP contribution in [0, 0.1) is 0 Å². The first kappa shape index (κ1) is 17.7. The largest absolute Gasteiger partial charge is 0.326 e. The Morgan fingerprint density at radius 1 is 1.13 bits per heavy atom. The van der Waals surface area contributed by atoms with Gasteiger partial charge in [0.2, 0.25) is 15.9 Å². The highest BCUT2D eigenvalue weighted by Gasteiger charge is 2.10. The lowest BCUT2D eigenvalue weighted by molar-refractivity contribution is -0.115. The molecule has 0 saturated heterocycles. The third-order valence-electron chi connectivity index (χ3n) is 2.94. The first-order valence-electron chi connectivity index (χ1n) is 6.56. The Hall–Kier alpha value is -1.60. The fourth-order valence-corrected chi connectivity index (χ4v) is 3.13. The quantitative estimate of drug-likeness (QED) is 0.845. The van der Waals surface area contributed by atoms with E-state index >= 15 is 0 Å². The van der Waals surface area contributed by atoms with Gasteiger partial charge in [0.15, 0.2) is 0 Å². The van der Waals surface area contributed by atoms with Gasteiger partial charge in [0.05, 0.1) is 12.2 Å². The SMILES string of the molecule is NS(=O)(=O)Cc1cccc(NC(=O)Cc2ccc(Cl)cc2Cl)c1. The van der Waals surface area contributed by atoms with Crippen LogP contribution in [0.5, 0.6) is 0 Å². The van der Waals surface area contributed by atoms with E-state index in [1.165, 1.54) is 0 Å². The lowest BCUT2D eigenvalue weighted by Crippen LogP contribution is -2.16. The normalized spacial score (nSPS) is 11.3. The van der Waals surface area contributed by atoms with Gasteiger partial charge in [-0.1, -0.05) is 41.4 Å². The second kappa shape index (κ2) is 7.31. The second-order valence-electron chi connectivity index (χ2n) is 4.97. The summed E-state index contributed by atoms with van der Waals surface area (Å²) in [6.45, 7) is 0. The van der Waals surface area contributed by atoms with Crippen LogP contribution in [0.4, 0.5) is 5.69 Å². The molecule has 0 aliphatic heterocycles. The number of amides is 1. The van der Waals surface area contributed by atoms with Gasteiger partial charge in [0.1, 0.15) is 0 Å². The maximum atomic E-state index is 12.1. The third-order valence-corrected chi connectivity index (χ3v) is 4.27. The van der Waals surface area contributed by atoms with Crippen LogP contribution >= 0.6 is 23.2 Å². The van der Waals surface area contributed by atoms with Gasteiger partial charge in [-0.05, 0) is 35.4 Å². The third kappa shape index (κ3) is 5.84. The number of hydrogen-bond acceptors (Lipinski definition) is 3. The molecule has 0 saturated carbocycles. The van der Waals surface area contributed by atoms with E-state index in [2.05, 4.69) is 5.32 Å². The molecule has 8 heteroatoms. The highest BCUT2D eigenvalue weighted by Crippen LogP contribution is 2.22. The fraction of sp³-hybridized carbons (Fsp3) is 0.133. The maximum absolute atomic E-state index is 12.1. The van der Waals surface area contributed by atoms with Gasteiger partial charge in [-0.2, -0.15) is 0 Å². The maximum Gasteiger partial charge on any atom is 0.228 e. The minimum atomic E-state index is -3.62. The average molecular weight is 373 g/mol. The van der Waals surface area contributed by atoms with Crippen LogP contribution in [0.1, 0.15) is 11.1 Å². The molecule has 0 fully saturated rings. The van der Waals surface area contributed by atoms with E-state index in [4.69, 9.17) is 28.3 Å². The first-order chi connectivity index (χ1) is 10.7. The Bertz CT molecular complexity index is 838. The zero-order chi connectivity index (χ0) is 17.0. The average Bonchev–Trinajstić information content (AvgIpc) is 2.40. The van der Waals surface area contributed by atoms with Crippen molar-refractivity contribution in [2.24, 2.45) is 5.14 Å². The van der Waals surface area contributed by atoms with Gasteiger partial charge in [-0.15, -0.1) is 0 Å².